The number of aromatic nitrogens is 2. The molecule has 2 aromatic rings. The lowest BCUT2D eigenvalue weighted by molar-refractivity contribution is 0.459. The number of rotatable bonds is 3. The third-order valence-corrected chi connectivity index (χ3v) is 2.28. The zero-order valence-electron chi connectivity index (χ0n) is 8.72. The summed E-state index contributed by atoms with van der Waals surface area (Å²) >= 11 is 5.95. The van der Waals surface area contributed by atoms with Gasteiger partial charge in [-0.3, -0.25) is 5.41 Å². The Bertz CT molecular complexity index is 559. The maximum atomic E-state index is 7.36. The number of halogens is 1. The van der Waals surface area contributed by atoms with Gasteiger partial charge in [-0.05, 0) is 12.1 Å². The number of amidine groups is 1. The molecule has 1 aromatic carbocycles. The van der Waals surface area contributed by atoms with Gasteiger partial charge in [0.15, 0.2) is 5.69 Å². The predicted molar refractivity (Wildman–Crippen MR) is 64.6 cm³/mol. The van der Waals surface area contributed by atoms with E-state index in [-0.39, 0.29) is 17.4 Å². The van der Waals surface area contributed by atoms with Crippen LogP contribution in [0.3, 0.4) is 0 Å². The standard InChI is InChI=1S/C11H9ClN4O/c12-7-3-1-2-4-8(7)17-11-9(10(13)14)15-5-6-16-11/h1-6H,(H3,13,14). The highest BCUT2D eigenvalue weighted by atomic mass is 35.5. The molecule has 0 spiro atoms. The number of hydrogen-bond donors (Lipinski definition) is 2. The predicted octanol–water partition coefficient (Wildman–Crippen LogP) is 2.21. The molecule has 1 heterocycles. The molecular weight excluding hydrogens is 240 g/mol. The van der Waals surface area contributed by atoms with Crippen molar-refractivity contribution in [2.45, 2.75) is 0 Å². The number of hydrogen-bond acceptors (Lipinski definition) is 4. The van der Waals surface area contributed by atoms with Crippen molar-refractivity contribution < 1.29 is 4.74 Å². The van der Waals surface area contributed by atoms with Crippen LogP contribution < -0.4 is 10.5 Å². The van der Waals surface area contributed by atoms with E-state index in [1.54, 1.807) is 24.3 Å². The molecule has 17 heavy (non-hydrogen) atoms. The van der Waals surface area contributed by atoms with E-state index in [0.29, 0.717) is 10.8 Å². The lowest BCUT2D eigenvalue weighted by Gasteiger charge is -2.08. The molecule has 0 atom stereocenters. The van der Waals surface area contributed by atoms with Crippen LogP contribution in [-0.2, 0) is 0 Å². The van der Waals surface area contributed by atoms with Crippen molar-refractivity contribution in [3.63, 3.8) is 0 Å². The van der Waals surface area contributed by atoms with Crippen LogP contribution in [-0.4, -0.2) is 15.8 Å². The Morgan fingerprint density at radius 3 is 2.65 bits per heavy atom. The van der Waals surface area contributed by atoms with Crippen molar-refractivity contribution in [3.8, 4) is 11.6 Å². The fraction of sp³-hybridized carbons (Fsp3) is 0. The van der Waals surface area contributed by atoms with Crippen molar-refractivity contribution in [1.29, 1.82) is 5.41 Å². The van der Waals surface area contributed by atoms with Crippen molar-refractivity contribution in [2.24, 2.45) is 5.73 Å². The van der Waals surface area contributed by atoms with E-state index in [0.717, 1.165) is 0 Å². The van der Waals surface area contributed by atoms with Crippen LogP contribution in [0.1, 0.15) is 5.69 Å². The highest BCUT2D eigenvalue weighted by Crippen LogP contribution is 2.28. The number of ether oxygens (including phenoxy) is 1. The fourth-order valence-corrected chi connectivity index (χ4v) is 1.39. The molecule has 0 unspecified atom stereocenters. The lowest BCUT2D eigenvalue weighted by atomic mass is 10.3. The number of nitrogens with one attached hydrogen (secondary N) is 1. The molecule has 0 radical (unpaired) electrons. The van der Waals surface area contributed by atoms with Crippen LogP contribution >= 0.6 is 11.6 Å². The van der Waals surface area contributed by atoms with Gasteiger partial charge in [0.05, 0.1) is 5.02 Å². The van der Waals surface area contributed by atoms with Crippen LogP contribution in [0.25, 0.3) is 0 Å². The zero-order chi connectivity index (χ0) is 12.3. The van der Waals surface area contributed by atoms with E-state index in [2.05, 4.69) is 9.97 Å². The maximum Gasteiger partial charge on any atom is 0.249 e. The Morgan fingerprint density at radius 2 is 1.94 bits per heavy atom. The minimum Gasteiger partial charge on any atom is -0.435 e. The molecule has 0 aliphatic rings. The lowest BCUT2D eigenvalue weighted by Crippen LogP contribution is -2.15. The molecule has 0 fully saturated rings. The van der Waals surface area contributed by atoms with E-state index < -0.39 is 0 Å². The van der Waals surface area contributed by atoms with Gasteiger partial charge in [0.2, 0.25) is 5.88 Å². The molecule has 0 saturated heterocycles. The molecule has 0 aliphatic carbocycles. The average Bonchev–Trinajstić information content (AvgIpc) is 2.32. The van der Waals surface area contributed by atoms with Gasteiger partial charge in [0, 0.05) is 12.4 Å². The van der Waals surface area contributed by atoms with Crippen molar-refractivity contribution in [1.82, 2.24) is 9.97 Å². The molecule has 2 rings (SSSR count). The summed E-state index contributed by atoms with van der Waals surface area (Å²) in [5, 5.41) is 7.81. The summed E-state index contributed by atoms with van der Waals surface area (Å²) in [6.07, 6.45) is 2.90. The van der Waals surface area contributed by atoms with E-state index >= 15 is 0 Å². The van der Waals surface area contributed by atoms with Crippen LogP contribution in [0.4, 0.5) is 0 Å². The van der Waals surface area contributed by atoms with Gasteiger partial charge in [0.25, 0.3) is 0 Å². The van der Waals surface area contributed by atoms with Gasteiger partial charge in [0.1, 0.15) is 11.6 Å². The summed E-state index contributed by atoms with van der Waals surface area (Å²) in [4.78, 5) is 7.90. The van der Waals surface area contributed by atoms with Gasteiger partial charge in [-0.15, -0.1) is 0 Å². The summed E-state index contributed by atoms with van der Waals surface area (Å²) < 4.78 is 5.48. The molecule has 0 bridgehead atoms. The van der Waals surface area contributed by atoms with Crippen LogP contribution in [0.2, 0.25) is 5.02 Å². The topological polar surface area (TPSA) is 84.9 Å². The minimum absolute atomic E-state index is 0.160. The minimum atomic E-state index is -0.208. The molecular formula is C11H9ClN4O. The second-order valence-electron chi connectivity index (χ2n) is 3.16. The van der Waals surface area contributed by atoms with Gasteiger partial charge in [-0.2, -0.15) is 0 Å². The van der Waals surface area contributed by atoms with Gasteiger partial charge in [-0.1, -0.05) is 23.7 Å². The number of nitrogens with two attached hydrogens (primary N) is 1. The van der Waals surface area contributed by atoms with Gasteiger partial charge in [-0.25, -0.2) is 9.97 Å². The first-order valence-electron chi connectivity index (χ1n) is 4.76. The molecule has 6 heteroatoms. The third kappa shape index (κ3) is 2.51. The van der Waals surface area contributed by atoms with Crippen molar-refractivity contribution in [3.05, 3.63) is 47.4 Å². The van der Waals surface area contributed by atoms with E-state index in [1.807, 2.05) is 0 Å². The van der Waals surface area contributed by atoms with E-state index in [1.165, 1.54) is 12.4 Å². The Labute approximate surface area is 103 Å². The summed E-state index contributed by atoms with van der Waals surface area (Å²) in [6.45, 7) is 0. The Hall–Kier alpha value is -2.14. The first-order valence-corrected chi connectivity index (χ1v) is 5.14. The second-order valence-corrected chi connectivity index (χ2v) is 3.56. The second kappa shape index (κ2) is 4.80. The number of nitrogen functional groups attached to an aromatic ring is 1. The molecule has 86 valence electrons. The van der Waals surface area contributed by atoms with Gasteiger partial charge < -0.3 is 10.5 Å². The molecule has 3 N–H and O–H groups in total. The number of para-hydroxylation sites is 1. The first kappa shape index (κ1) is 11.3. The Kier molecular flexibility index (Phi) is 3.20. The highest BCUT2D eigenvalue weighted by Gasteiger charge is 2.11. The van der Waals surface area contributed by atoms with Crippen molar-refractivity contribution >= 4 is 17.4 Å². The summed E-state index contributed by atoms with van der Waals surface area (Å²) in [5.41, 5.74) is 5.56. The van der Waals surface area contributed by atoms with Crippen molar-refractivity contribution in [2.75, 3.05) is 0 Å². The average molecular weight is 249 g/mol. The molecule has 5 nitrogen and oxygen atoms in total. The smallest absolute Gasteiger partial charge is 0.249 e. The molecule has 0 aliphatic heterocycles. The first-order chi connectivity index (χ1) is 8.18. The van der Waals surface area contributed by atoms with Crippen LogP contribution in [0.5, 0.6) is 11.6 Å². The quantitative estimate of drug-likeness (QED) is 0.644. The largest absolute Gasteiger partial charge is 0.435 e. The number of benzene rings is 1. The van der Waals surface area contributed by atoms with E-state index in [4.69, 9.17) is 27.5 Å². The van der Waals surface area contributed by atoms with Gasteiger partial charge >= 0.3 is 0 Å². The molecule has 1 aromatic heterocycles. The fourth-order valence-electron chi connectivity index (χ4n) is 1.22. The normalized spacial score (nSPS) is 9.94. The van der Waals surface area contributed by atoms with E-state index in [9.17, 15) is 0 Å². The summed E-state index contributed by atoms with van der Waals surface area (Å²) in [6, 6.07) is 6.96. The summed E-state index contributed by atoms with van der Waals surface area (Å²) in [7, 11) is 0. The maximum absolute atomic E-state index is 7.36. The van der Waals surface area contributed by atoms with Crippen LogP contribution in [0, 0.1) is 5.41 Å². The Morgan fingerprint density at radius 1 is 1.24 bits per heavy atom. The monoisotopic (exact) mass is 248 g/mol. The third-order valence-electron chi connectivity index (χ3n) is 1.96. The molecule has 0 saturated carbocycles. The SMILES string of the molecule is N=C(N)c1nccnc1Oc1ccccc1Cl. The zero-order valence-corrected chi connectivity index (χ0v) is 9.48. The number of nitrogens with zero attached hydrogens (tertiary/aromatic N) is 2. The van der Waals surface area contributed by atoms with Crippen LogP contribution in [0.15, 0.2) is 36.7 Å². The highest BCUT2D eigenvalue weighted by molar-refractivity contribution is 6.32. The summed E-state index contributed by atoms with van der Waals surface area (Å²) in [5.74, 6) is 0.394. The Balaban J connectivity index is 2.37. The molecule has 0 amide bonds.